The lowest BCUT2D eigenvalue weighted by Gasteiger charge is -2.08. The second-order valence-corrected chi connectivity index (χ2v) is 10.3. The van der Waals surface area contributed by atoms with Crippen molar-refractivity contribution in [1.29, 1.82) is 0 Å². The Morgan fingerprint density at radius 3 is 1.86 bits per heavy atom. The smallest absolute Gasteiger partial charge is 0.164 e. The van der Waals surface area contributed by atoms with Crippen LogP contribution < -0.4 is 0 Å². The molecule has 9 aromatic rings. The van der Waals surface area contributed by atoms with E-state index in [1.54, 1.807) is 6.07 Å². The van der Waals surface area contributed by atoms with Gasteiger partial charge in [0.05, 0.1) is 8.22 Å². The van der Waals surface area contributed by atoms with Crippen molar-refractivity contribution in [2.24, 2.45) is 0 Å². The Kier molecular flexibility index (Phi) is 4.25. The van der Waals surface area contributed by atoms with E-state index in [1.165, 1.54) is 0 Å². The molecule has 0 bridgehead atoms. The van der Waals surface area contributed by atoms with Gasteiger partial charge >= 0.3 is 0 Å². The van der Waals surface area contributed by atoms with Gasteiger partial charge < -0.3 is 8.83 Å². The van der Waals surface area contributed by atoms with Crippen LogP contribution in [0, 0.1) is 0 Å². The zero-order valence-corrected chi connectivity index (χ0v) is 23.0. The van der Waals surface area contributed by atoms with E-state index in [0.29, 0.717) is 39.5 Å². The predicted molar refractivity (Wildman–Crippen MR) is 176 cm³/mol. The number of benzene rings is 6. The molecule has 0 aliphatic rings. The van der Waals surface area contributed by atoms with E-state index in [-0.39, 0.29) is 75.1 Å². The average Bonchev–Trinajstić information content (AvgIpc) is 3.74. The predicted octanol–water partition coefficient (Wildman–Crippen LogP) is 10.3. The molecule has 5 nitrogen and oxygen atoms in total. The number of furan rings is 2. The number of hydrogen-bond donors (Lipinski definition) is 0. The largest absolute Gasteiger partial charge is 0.456 e. The molecule has 5 heteroatoms. The highest BCUT2D eigenvalue weighted by molar-refractivity contribution is 6.17. The minimum atomic E-state index is -0.374. The summed E-state index contributed by atoms with van der Waals surface area (Å²) in [6.07, 6.45) is 0. The van der Waals surface area contributed by atoms with Crippen molar-refractivity contribution in [1.82, 2.24) is 15.0 Å². The topological polar surface area (TPSA) is 65.0 Å². The Labute approximate surface area is 260 Å². The van der Waals surface area contributed by atoms with Gasteiger partial charge in [-0.2, -0.15) is 0 Å². The molecule has 0 spiro atoms. The van der Waals surface area contributed by atoms with Gasteiger partial charge in [-0.15, -0.1) is 0 Å². The lowest BCUT2D eigenvalue weighted by molar-refractivity contribution is 0.669. The van der Waals surface area contributed by atoms with Crippen LogP contribution in [0.1, 0.15) is 8.22 Å². The van der Waals surface area contributed by atoms with Crippen LogP contribution in [0.25, 0.3) is 89.2 Å². The SMILES string of the molecule is [2H]c1c([2H])c(-c2cccc3c2oc2ccccc23)c2c(oc3c([2H])c(-c4nc(-c5ccccc5)nc(-c5ccccc5)n4)c([2H])c([2H])c32)c1[2H]. The van der Waals surface area contributed by atoms with Gasteiger partial charge in [-0.3, -0.25) is 0 Å². The van der Waals surface area contributed by atoms with Gasteiger partial charge in [-0.25, -0.2) is 15.0 Å². The molecule has 3 heterocycles. The molecule has 6 aromatic carbocycles. The molecule has 9 rings (SSSR count). The first-order valence-electron chi connectivity index (χ1n) is 17.1. The van der Waals surface area contributed by atoms with Gasteiger partial charge in [0, 0.05) is 43.8 Å². The van der Waals surface area contributed by atoms with Crippen LogP contribution in [0.2, 0.25) is 0 Å². The second kappa shape index (κ2) is 9.75. The van der Waals surface area contributed by atoms with Crippen LogP contribution in [0.15, 0.2) is 148 Å². The van der Waals surface area contributed by atoms with Crippen molar-refractivity contribution in [3.05, 3.63) is 139 Å². The van der Waals surface area contributed by atoms with Gasteiger partial charge in [0.25, 0.3) is 0 Å². The molecule has 0 N–H and O–H groups in total. The molecule has 3 aromatic heterocycles. The van der Waals surface area contributed by atoms with Crippen molar-refractivity contribution in [3.63, 3.8) is 0 Å². The van der Waals surface area contributed by atoms with Crippen LogP contribution >= 0.6 is 0 Å². The highest BCUT2D eigenvalue weighted by Gasteiger charge is 2.19. The third kappa shape index (κ3) is 3.91. The highest BCUT2D eigenvalue weighted by Crippen LogP contribution is 2.42. The van der Waals surface area contributed by atoms with Crippen LogP contribution in [0.4, 0.5) is 0 Å². The number of rotatable bonds is 4. The normalized spacial score (nSPS) is 13.5. The summed E-state index contributed by atoms with van der Waals surface area (Å²) in [6.45, 7) is 0. The average molecular weight is 572 g/mol. The van der Waals surface area contributed by atoms with Crippen LogP contribution in [0.3, 0.4) is 0 Å². The first kappa shape index (κ1) is 19.2. The summed E-state index contributed by atoms with van der Waals surface area (Å²) in [7, 11) is 0. The number of nitrogens with zero attached hydrogens (tertiary/aromatic N) is 3. The number of para-hydroxylation sites is 2. The van der Waals surface area contributed by atoms with Gasteiger partial charge in [0.15, 0.2) is 17.5 Å². The van der Waals surface area contributed by atoms with Gasteiger partial charge in [0.1, 0.15) is 22.3 Å². The molecule has 0 fully saturated rings. The first-order valence-corrected chi connectivity index (χ1v) is 14.1. The number of aromatic nitrogens is 3. The summed E-state index contributed by atoms with van der Waals surface area (Å²) in [5.74, 6) is 0.679. The zero-order chi connectivity index (χ0) is 34.3. The molecule has 206 valence electrons. The Morgan fingerprint density at radius 1 is 0.455 bits per heavy atom. The van der Waals surface area contributed by atoms with Crippen molar-refractivity contribution in [3.8, 4) is 45.3 Å². The molecule has 0 aliphatic heterocycles. The third-order valence-corrected chi connectivity index (χ3v) is 7.67. The second-order valence-electron chi connectivity index (χ2n) is 10.3. The Morgan fingerprint density at radius 2 is 1.11 bits per heavy atom. The molecule has 0 unspecified atom stereocenters. The van der Waals surface area contributed by atoms with E-state index in [1.807, 2.05) is 97.1 Å². The summed E-state index contributed by atoms with van der Waals surface area (Å²) in [4.78, 5) is 14.1. The molecule has 0 radical (unpaired) electrons. The van der Waals surface area contributed by atoms with E-state index >= 15 is 0 Å². The van der Waals surface area contributed by atoms with E-state index in [0.717, 1.165) is 10.8 Å². The van der Waals surface area contributed by atoms with E-state index < -0.39 is 0 Å². The Bertz CT molecular complexity index is 2780. The molecule has 0 atom stereocenters. The number of hydrogen-bond acceptors (Lipinski definition) is 5. The lowest BCUT2D eigenvalue weighted by atomic mass is 9.97. The summed E-state index contributed by atoms with van der Waals surface area (Å²) in [5, 5.41) is 1.96. The van der Waals surface area contributed by atoms with Crippen LogP contribution in [-0.2, 0) is 0 Å². The maximum atomic E-state index is 9.38. The fourth-order valence-corrected chi connectivity index (χ4v) is 5.63. The minimum Gasteiger partial charge on any atom is -0.456 e. The van der Waals surface area contributed by atoms with Crippen molar-refractivity contribution >= 4 is 43.9 Å². The fraction of sp³-hybridized carbons (Fsp3) is 0. The summed E-state index contributed by atoms with van der Waals surface area (Å²) < 4.78 is 67.1. The lowest BCUT2D eigenvalue weighted by Crippen LogP contribution is -2.00. The van der Waals surface area contributed by atoms with Crippen molar-refractivity contribution < 1.29 is 17.1 Å². The zero-order valence-electron chi connectivity index (χ0n) is 29.0. The Balaban J connectivity index is 1.36. The molecular formula is C39H23N3O2. The van der Waals surface area contributed by atoms with E-state index in [9.17, 15) is 4.11 Å². The molecule has 0 amide bonds. The van der Waals surface area contributed by atoms with Crippen molar-refractivity contribution in [2.45, 2.75) is 0 Å². The van der Waals surface area contributed by atoms with E-state index in [2.05, 4.69) is 0 Å². The molecular weight excluding hydrogens is 542 g/mol. The summed E-state index contributed by atoms with van der Waals surface area (Å²) in [6, 6.07) is 29.8. The quantitative estimate of drug-likeness (QED) is 0.210. The first-order chi connectivity index (χ1) is 24.3. The van der Waals surface area contributed by atoms with Gasteiger partial charge in [0.2, 0.25) is 0 Å². The fourth-order valence-electron chi connectivity index (χ4n) is 5.63. The third-order valence-electron chi connectivity index (χ3n) is 7.67. The monoisotopic (exact) mass is 571 g/mol. The maximum absolute atomic E-state index is 9.38. The van der Waals surface area contributed by atoms with Crippen LogP contribution in [-0.4, -0.2) is 15.0 Å². The van der Waals surface area contributed by atoms with Gasteiger partial charge in [-0.05, 0) is 29.8 Å². The maximum Gasteiger partial charge on any atom is 0.164 e. The van der Waals surface area contributed by atoms with Crippen molar-refractivity contribution in [2.75, 3.05) is 0 Å². The molecule has 0 saturated heterocycles. The number of fused-ring (bicyclic) bond motifs is 6. The summed E-state index contributed by atoms with van der Waals surface area (Å²) in [5.41, 5.74) is 3.06. The molecule has 0 saturated carbocycles. The minimum absolute atomic E-state index is 0.0179. The Hall–Kier alpha value is -6.07. The van der Waals surface area contributed by atoms with Gasteiger partial charge in [-0.1, -0.05) is 115 Å². The standard InChI is InChI=1S/C39H23N3O2/c1-3-11-24(12-4-1)37-40-38(25-13-5-2-6-14-25)42-39(41-37)26-21-22-31-34(23-26)43-33-20-10-16-28(35(31)33)30-18-9-17-29-27-15-7-8-19-32(27)44-36(29)30/h1-23H/i10D,16D,20D,21D,22D,23D. The molecule has 0 aliphatic carbocycles. The molecule has 44 heavy (non-hydrogen) atoms. The van der Waals surface area contributed by atoms with Crippen LogP contribution in [0.5, 0.6) is 0 Å². The summed E-state index contributed by atoms with van der Waals surface area (Å²) >= 11 is 0. The van der Waals surface area contributed by atoms with E-state index in [4.69, 9.17) is 27.9 Å². The highest BCUT2D eigenvalue weighted by atomic mass is 16.3.